The predicted octanol–water partition coefficient (Wildman–Crippen LogP) is 3.51. The molecule has 3 saturated heterocycles. The highest BCUT2D eigenvalue weighted by Crippen LogP contribution is 2.35. The van der Waals surface area contributed by atoms with Gasteiger partial charge in [0.2, 0.25) is 0 Å². The Balaban J connectivity index is 1.55. The van der Waals surface area contributed by atoms with Crippen LogP contribution in [0.25, 0.3) is 0 Å². The van der Waals surface area contributed by atoms with E-state index in [0.717, 1.165) is 38.0 Å². The first kappa shape index (κ1) is 23.1. The van der Waals surface area contributed by atoms with E-state index in [0.29, 0.717) is 12.5 Å². The van der Waals surface area contributed by atoms with Crippen molar-refractivity contribution in [3.8, 4) is 0 Å². The molecule has 0 aliphatic carbocycles. The Bertz CT molecular complexity index is 859. The number of hydrogen-bond donors (Lipinski definition) is 1. The second kappa shape index (κ2) is 9.40. The molecule has 0 bridgehead atoms. The van der Waals surface area contributed by atoms with Crippen LogP contribution >= 0.6 is 0 Å². The number of benzene rings is 1. The van der Waals surface area contributed by atoms with Crippen LogP contribution in [0.15, 0.2) is 18.2 Å². The molecule has 0 saturated carbocycles. The van der Waals surface area contributed by atoms with Crippen LogP contribution < -0.4 is 10.2 Å². The monoisotopic (exact) mass is 441 g/mol. The van der Waals surface area contributed by atoms with E-state index in [4.69, 9.17) is 0 Å². The van der Waals surface area contributed by atoms with Crippen LogP contribution in [0.2, 0.25) is 0 Å². The molecule has 7 heteroatoms. The molecule has 32 heavy (non-hydrogen) atoms. The molecule has 0 aromatic heterocycles. The zero-order valence-electron chi connectivity index (χ0n) is 20.3. The zero-order chi connectivity index (χ0) is 23.0. The molecule has 4 rings (SSSR count). The number of anilines is 1. The topological polar surface area (TPSA) is 59.1 Å². The highest BCUT2D eigenvalue weighted by atomic mass is 16.2. The lowest BCUT2D eigenvalue weighted by Gasteiger charge is -2.46. The van der Waals surface area contributed by atoms with Crippen LogP contribution in [0, 0.1) is 19.8 Å². The number of fused-ring (bicyclic) bond motifs is 3. The molecule has 3 fully saturated rings. The van der Waals surface area contributed by atoms with Gasteiger partial charge in [-0.1, -0.05) is 45.6 Å². The molecule has 4 atom stereocenters. The third-order valence-corrected chi connectivity index (χ3v) is 7.39. The van der Waals surface area contributed by atoms with Crippen molar-refractivity contribution >= 4 is 17.6 Å². The van der Waals surface area contributed by atoms with Crippen molar-refractivity contribution in [1.29, 1.82) is 0 Å². The highest BCUT2D eigenvalue weighted by Gasteiger charge is 2.56. The van der Waals surface area contributed by atoms with Gasteiger partial charge in [-0.3, -0.25) is 19.9 Å². The Hall–Kier alpha value is -2.12. The second-order valence-corrected chi connectivity index (χ2v) is 9.95. The maximum absolute atomic E-state index is 13.6. The normalized spacial score (nSPS) is 28.3. The Morgan fingerprint density at radius 1 is 1.03 bits per heavy atom. The number of carbonyl (C=O) groups excluding carboxylic acids is 2. The van der Waals surface area contributed by atoms with E-state index in [1.807, 2.05) is 7.05 Å². The van der Waals surface area contributed by atoms with Gasteiger partial charge in [0.25, 0.3) is 5.91 Å². The molecule has 1 N–H and O–H groups in total. The van der Waals surface area contributed by atoms with E-state index >= 15 is 0 Å². The molecule has 0 radical (unpaired) electrons. The van der Waals surface area contributed by atoms with Gasteiger partial charge in [-0.05, 0) is 49.4 Å². The van der Waals surface area contributed by atoms with Gasteiger partial charge in [-0.15, -0.1) is 0 Å². The van der Waals surface area contributed by atoms with Crippen molar-refractivity contribution in [2.45, 2.75) is 78.3 Å². The van der Waals surface area contributed by atoms with Crippen molar-refractivity contribution < 1.29 is 9.59 Å². The fourth-order valence-corrected chi connectivity index (χ4v) is 5.40. The molecule has 3 amide bonds. The van der Waals surface area contributed by atoms with Gasteiger partial charge < -0.3 is 9.80 Å². The molecule has 176 valence electrons. The number of hydrogen-bond acceptors (Lipinski definition) is 5. The Morgan fingerprint density at radius 3 is 2.50 bits per heavy atom. The second-order valence-electron chi connectivity index (χ2n) is 9.95. The summed E-state index contributed by atoms with van der Waals surface area (Å²) in [6.45, 7) is 11.0. The van der Waals surface area contributed by atoms with Crippen LogP contribution in [0.1, 0.15) is 57.1 Å². The largest absolute Gasteiger partial charge is 0.343 e. The number of nitrogens with zero attached hydrogens (tertiary/aromatic N) is 4. The van der Waals surface area contributed by atoms with Crippen molar-refractivity contribution in [3.05, 3.63) is 29.3 Å². The predicted molar refractivity (Wildman–Crippen MR) is 127 cm³/mol. The molecule has 3 aliphatic heterocycles. The maximum Gasteiger partial charge on any atom is 0.327 e. The van der Waals surface area contributed by atoms with E-state index in [2.05, 4.69) is 61.0 Å². The number of aryl methyl sites for hydroxylation is 2. The summed E-state index contributed by atoms with van der Waals surface area (Å²) in [5.41, 5.74) is 3.70. The van der Waals surface area contributed by atoms with E-state index in [1.165, 1.54) is 28.9 Å². The SMILES string of the molecule is CCCCCCCN1C(=O)C2C(NC3N(c4ccc(C)c(C)c4)CC(C)CN23)N(C)C1=O. The number of urea groups is 1. The van der Waals surface area contributed by atoms with Gasteiger partial charge in [-0.25, -0.2) is 4.79 Å². The number of unbranched alkanes of at least 4 members (excludes halogenated alkanes) is 4. The van der Waals surface area contributed by atoms with Crippen LogP contribution in [-0.4, -0.2) is 71.8 Å². The average molecular weight is 442 g/mol. The molecule has 1 aromatic carbocycles. The first-order valence-corrected chi connectivity index (χ1v) is 12.3. The van der Waals surface area contributed by atoms with Crippen LogP contribution in [0.4, 0.5) is 10.5 Å². The molecule has 4 unspecified atom stereocenters. The van der Waals surface area contributed by atoms with Crippen LogP contribution in [-0.2, 0) is 4.79 Å². The number of amides is 3. The van der Waals surface area contributed by atoms with Gasteiger partial charge in [0.05, 0.1) is 0 Å². The number of rotatable bonds is 7. The fourth-order valence-electron chi connectivity index (χ4n) is 5.40. The lowest BCUT2D eigenvalue weighted by Crippen LogP contribution is -2.66. The van der Waals surface area contributed by atoms with E-state index in [9.17, 15) is 9.59 Å². The minimum atomic E-state index is -0.338. The van der Waals surface area contributed by atoms with E-state index in [1.54, 1.807) is 4.90 Å². The van der Waals surface area contributed by atoms with Crippen molar-refractivity contribution in [3.63, 3.8) is 0 Å². The Morgan fingerprint density at radius 2 is 1.78 bits per heavy atom. The van der Waals surface area contributed by atoms with Crippen molar-refractivity contribution in [2.75, 3.05) is 31.6 Å². The summed E-state index contributed by atoms with van der Waals surface area (Å²) in [4.78, 5) is 34.5. The van der Waals surface area contributed by atoms with Gasteiger partial charge in [0.15, 0.2) is 0 Å². The van der Waals surface area contributed by atoms with E-state index < -0.39 is 0 Å². The molecule has 7 nitrogen and oxygen atoms in total. The minimum absolute atomic E-state index is 0.0438. The lowest BCUT2D eigenvalue weighted by molar-refractivity contribution is -0.138. The lowest BCUT2D eigenvalue weighted by atomic mass is 10.0. The van der Waals surface area contributed by atoms with Crippen LogP contribution in [0.5, 0.6) is 0 Å². The van der Waals surface area contributed by atoms with E-state index in [-0.39, 0.29) is 30.4 Å². The van der Waals surface area contributed by atoms with Crippen molar-refractivity contribution in [2.24, 2.45) is 5.92 Å². The quantitative estimate of drug-likeness (QED) is 0.656. The summed E-state index contributed by atoms with van der Waals surface area (Å²) in [5, 5.41) is 3.62. The summed E-state index contributed by atoms with van der Waals surface area (Å²) in [6.07, 6.45) is 5.11. The van der Waals surface area contributed by atoms with Crippen LogP contribution in [0.3, 0.4) is 0 Å². The Kier molecular flexibility index (Phi) is 6.77. The van der Waals surface area contributed by atoms with Gasteiger partial charge >= 0.3 is 6.03 Å². The molecule has 3 aliphatic rings. The number of likely N-dealkylation sites (N-methyl/N-ethyl adjacent to an activating group) is 1. The fraction of sp³-hybridized carbons (Fsp3) is 0.680. The first-order chi connectivity index (χ1) is 15.3. The van der Waals surface area contributed by atoms with Gasteiger partial charge in [-0.2, -0.15) is 0 Å². The highest BCUT2D eigenvalue weighted by molar-refractivity contribution is 6.00. The number of nitrogens with one attached hydrogen (secondary N) is 1. The summed E-state index contributed by atoms with van der Waals surface area (Å²) in [7, 11) is 1.83. The zero-order valence-corrected chi connectivity index (χ0v) is 20.3. The average Bonchev–Trinajstić information content (AvgIpc) is 3.15. The standard InChI is InChI=1S/C25H39N5O2/c1-6-7-8-9-10-13-28-23(31)21-22(27(5)25(28)32)26-24-29(15-17(2)16-30(21)24)20-12-11-18(3)19(4)14-20/h11-12,14,17,21-22,24,26H,6-10,13,15-16H2,1-5H3. The molecule has 1 aromatic rings. The molecule has 3 heterocycles. The van der Waals surface area contributed by atoms with Crippen molar-refractivity contribution in [1.82, 2.24) is 20.0 Å². The number of carbonyl (C=O) groups is 2. The minimum Gasteiger partial charge on any atom is -0.343 e. The summed E-state index contributed by atoms with van der Waals surface area (Å²) < 4.78 is 0. The van der Waals surface area contributed by atoms with Gasteiger partial charge in [0, 0.05) is 32.4 Å². The van der Waals surface area contributed by atoms with Gasteiger partial charge in [0.1, 0.15) is 18.5 Å². The number of imide groups is 1. The third-order valence-electron chi connectivity index (χ3n) is 7.39. The smallest absolute Gasteiger partial charge is 0.327 e. The third kappa shape index (κ3) is 4.13. The maximum atomic E-state index is 13.6. The summed E-state index contributed by atoms with van der Waals surface area (Å²) >= 11 is 0. The molecule has 0 spiro atoms. The molecular weight excluding hydrogens is 402 g/mol. The Labute approximate surface area is 192 Å². The summed E-state index contributed by atoms with van der Waals surface area (Å²) in [5.74, 6) is 0.379. The molecular formula is C25H39N5O2. The summed E-state index contributed by atoms with van der Waals surface area (Å²) in [6, 6.07) is 6.05. The first-order valence-electron chi connectivity index (χ1n) is 12.3.